The fourth-order valence-electron chi connectivity index (χ4n) is 5.25. The van der Waals surface area contributed by atoms with Crippen molar-refractivity contribution in [2.75, 3.05) is 26.2 Å². The SMILES string of the molecule is C[C@H]1CN(C(=O)c2cn3c4c(cccc24)OC[C@H]3C2CCCCC2)CCN1. The Bertz CT molecular complexity index is 853. The highest BCUT2D eigenvalue weighted by Crippen LogP contribution is 2.42. The topological polar surface area (TPSA) is 46.5 Å². The molecule has 5 heteroatoms. The second-order valence-electron chi connectivity index (χ2n) is 8.49. The van der Waals surface area contributed by atoms with Gasteiger partial charge in [-0.1, -0.05) is 31.4 Å². The summed E-state index contributed by atoms with van der Waals surface area (Å²) in [5.41, 5.74) is 1.96. The van der Waals surface area contributed by atoms with Gasteiger partial charge in [0.1, 0.15) is 12.4 Å². The van der Waals surface area contributed by atoms with Crippen molar-refractivity contribution in [2.24, 2.45) is 5.92 Å². The van der Waals surface area contributed by atoms with E-state index in [4.69, 9.17) is 4.74 Å². The van der Waals surface area contributed by atoms with E-state index in [1.165, 1.54) is 32.1 Å². The number of rotatable bonds is 2. The number of hydrogen-bond donors (Lipinski definition) is 1. The maximum absolute atomic E-state index is 13.3. The molecule has 1 aliphatic carbocycles. The molecular weight excluding hydrogens is 338 g/mol. The Hall–Kier alpha value is -2.01. The number of amides is 1. The Balaban J connectivity index is 1.55. The molecule has 5 nitrogen and oxygen atoms in total. The van der Waals surface area contributed by atoms with Gasteiger partial charge in [0, 0.05) is 37.3 Å². The maximum Gasteiger partial charge on any atom is 0.256 e. The van der Waals surface area contributed by atoms with Gasteiger partial charge in [-0.2, -0.15) is 0 Å². The molecule has 1 amide bonds. The van der Waals surface area contributed by atoms with Crippen LogP contribution in [0.25, 0.3) is 10.9 Å². The minimum Gasteiger partial charge on any atom is -0.489 e. The van der Waals surface area contributed by atoms with Crippen LogP contribution in [0.5, 0.6) is 5.75 Å². The minimum absolute atomic E-state index is 0.161. The first-order valence-electron chi connectivity index (χ1n) is 10.5. The third-order valence-corrected chi connectivity index (χ3v) is 6.66. The van der Waals surface area contributed by atoms with Crippen LogP contribution < -0.4 is 10.1 Å². The van der Waals surface area contributed by atoms with Gasteiger partial charge in [0.15, 0.2) is 0 Å². The molecular formula is C22H29N3O2. The molecule has 1 aromatic heterocycles. The Labute approximate surface area is 160 Å². The van der Waals surface area contributed by atoms with E-state index < -0.39 is 0 Å². The first-order chi connectivity index (χ1) is 13.2. The molecule has 0 radical (unpaired) electrons. The quantitative estimate of drug-likeness (QED) is 0.882. The number of hydrogen-bond acceptors (Lipinski definition) is 3. The highest BCUT2D eigenvalue weighted by atomic mass is 16.5. The van der Waals surface area contributed by atoms with Crippen molar-refractivity contribution in [2.45, 2.75) is 51.1 Å². The van der Waals surface area contributed by atoms with Crippen LogP contribution in [0.4, 0.5) is 0 Å². The number of carbonyl (C=O) groups excluding carboxylic acids is 1. The number of ether oxygens (including phenoxy) is 1. The van der Waals surface area contributed by atoms with Gasteiger partial charge < -0.3 is 19.5 Å². The summed E-state index contributed by atoms with van der Waals surface area (Å²) in [7, 11) is 0. The summed E-state index contributed by atoms with van der Waals surface area (Å²) >= 11 is 0. The van der Waals surface area contributed by atoms with Crippen LogP contribution in [0.2, 0.25) is 0 Å². The zero-order valence-electron chi connectivity index (χ0n) is 16.1. The lowest BCUT2D eigenvalue weighted by Crippen LogP contribution is -2.51. The largest absolute Gasteiger partial charge is 0.489 e. The summed E-state index contributed by atoms with van der Waals surface area (Å²) in [5.74, 6) is 1.74. The van der Waals surface area contributed by atoms with Gasteiger partial charge in [0.05, 0.1) is 17.1 Å². The Morgan fingerprint density at radius 1 is 1.22 bits per heavy atom. The van der Waals surface area contributed by atoms with Crippen LogP contribution in [0.3, 0.4) is 0 Å². The lowest BCUT2D eigenvalue weighted by molar-refractivity contribution is 0.0710. The van der Waals surface area contributed by atoms with E-state index in [1.54, 1.807) is 0 Å². The first kappa shape index (κ1) is 17.1. The van der Waals surface area contributed by atoms with E-state index in [1.807, 2.05) is 17.0 Å². The number of nitrogens with one attached hydrogen (secondary N) is 1. The number of piperazine rings is 1. The molecule has 144 valence electrons. The van der Waals surface area contributed by atoms with Crippen molar-refractivity contribution >= 4 is 16.8 Å². The molecule has 2 atom stereocenters. The fraction of sp³-hybridized carbons (Fsp3) is 0.591. The first-order valence-corrected chi connectivity index (χ1v) is 10.5. The van der Waals surface area contributed by atoms with Gasteiger partial charge in [-0.3, -0.25) is 4.79 Å². The average Bonchev–Trinajstić information content (AvgIpc) is 3.10. The molecule has 1 N–H and O–H groups in total. The normalized spacial score (nSPS) is 26.2. The number of nitrogens with zero attached hydrogens (tertiary/aromatic N) is 2. The third kappa shape index (κ3) is 2.92. The van der Waals surface area contributed by atoms with Crippen molar-refractivity contribution < 1.29 is 9.53 Å². The molecule has 2 fully saturated rings. The molecule has 1 saturated carbocycles. The lowest BCUT2D eigenvalue weighted by atomic mass is 9.83. The highest BCUT2D eigenvalue weighted by Gasteiger charge is 2.33. The van der Waals surface area contributed by atoms with Crippen LogP contribution in [0.15, 0.2) is 24.4 Å². The van der Waals surface area contributed by atoms with E-state index in [0.717, 1.165) is 48.5 Å². The van der Waals surface area contributed by atoms with E-state index in [9.17, 15) is 4.79 Å². The second-order valence-corrected chi connectivity index (χ2v) is 8.49. The third-order valence-electron chi connectivity index (χ3n) is 6.66. The smallest absolute Gasteiger partial charge is 0.256 e. The van der Waals surface area contributed by atoms with Gasteiger partial charge in [0.2, 0.25) is 0 Å². The zero-order valence-corrected chi connectivity index (χ0v) is 16.1. The number of aromatic nitrogens is 1. The summed E-state index contributed by atoms with van der Waals surface area (Å²) in [6.45, 7) is 5.28. The molecule has 1 aromatic carbocycles. The molecule has 5 rings (SSSR count). The minimum atomic E-state index is 0.161. The standard InChI is InChI=1S/C22H29N3O2/c1-15-12-24(11-10-23-15)22(26)18-13-25-19(16-6-3-2-4-7-16)14-27-20-9-5-8-17(18)21(20)25/h5,8-9,13,15-16,19,23H,2-4,6-7,10-12,14H2,1H3/t15-,19-/m0/s1. The molecule has 0 bridgehead atoms. The van der Waals surface area contributed by atoms with Gasteiger partial charge in [0.25, 0.3) is 5.91 Å². The van der Waals surface area contributed by atoms with Gasteiger partial charge in [-0.15, -0.1) is 0 Å². The van der Waals surface area contributed by atoms with Crippen LogP contribution in [-0.4, -0.2) is 47.7 Å². The molecule has 3 heterocycles. The predicted octanol–water partition coefficient (Wildman–Crippen LogP) is 3.59. The number of benzene rings is 1. The summed E-state index contributed by atoms with van der Waals surface area (Å²) in [5, 5.41) is 4.47. The van der Waals surface area contributed by atoms with Crippen molar-refractivity contribution in [3.63, 3.8) is 0 Å². The Kier molecular flexibility index (Phi) is 4.35. The number of carbonyl (C=O) groups is 1. The Morgan fingerprint density at radius 2 is 2.07 bits per heavy atom. The van der Waals surface area contributed by atoms with Crippen molar-refractivity contribution in [3.8, 4) is 5.75 Å². The van der Waals surface area contributed by atoms with Crippen LogP contribution in [-0.2, 0) is 0 Å². The molecule has 1 saturated heterocycles. The summed E-state index contributed by atoms with van der Waals surface area (Å²) in [6.07, 6.45) is 8.66. The average molecular weight is 367 g/mol. The van der Waals surface area contributed by atoms with Crippen molar-refractivity contribution in [3.05, 3.63) is 30.0 Å². The molecule has 0 unspecified atom stereocenters. The second kappa shape index (κ2) is 6.86. The van der Waals surface area contributed by atoms with E-state index >= 15 is 0 Å². The predicted molar refractivity (Wildman–Crippen MR) is 106 cm³/mol. The summed E-state index contributed by atoms with van der Waals surface area (Å²) in [6, 6.07) is 6.84. The number of para-hydroxylation sites is 1. The van der Waals surface area contributed by atoms with Crippen LogP contribution in [0.1, 0.15) is 55.4 Å². The van der Waals surface area contributed by atoms with Crippen LogP contribution in [0, 0.1) is 5.92 Å². The van der Waals surface area contributed by atoms with Gasteiger partial charge in [-0.05, 0) is 31.7 Å². The molecule has 3 aliphatic rings. The van der Waals surface area contributed by atoms with E-state index in [2.05, 4.69) is 29.1 Å². The molecule has 0 spiro atoms. The van der Waals surface area contributed by atoms with Gasteiger partial charge >= 0.3 is 0 Å². The Morgan fingerprint density at radius 3 is 2.89 bits per heavy atom. The van der Waals surface area contributed by atoms with Crippen molar-refractivity contribution in [1.82, 2.24) is 14.8 Å². The van der Waals surface area contributed by atoms with Crippen LogP contribution >= 0.6 is 0 Å². The zero-order chi connectivity index (χ0) is 18.4. The van der Waals surface area contributed by atoms with E-state index in [-0.39, 0.29) is 5.91 Å². The lowest BCUT2D eigenvalue weighted by Gasteiger charge is -2.34. The van der Waals surface area contributed by atoms with E-state index in [0.29, 0.717) is 18.0 Å². The molecule has 2 aliphatic heterocycles. The fourth-order valence-corrected chi connectivity index (χ4v) is 5.25. The highest BCUT2D eigenvalue weighted by molar-refractivity contribution is 6.08. The van der Waals surface area contributed by atoms with Crippen molar-refractivity contribution in [1.29, 1.82) is 0 Å². The maximum atomic E-state index is 13.3. The molecule has 2 aromatic rings. The molecule has 27 heavy (non-hydrogen) atoms. The monoisotopic (exact) mass is 367 g/mol. The summed E-state index contributed by atoms with van der Waals surface area (Å²) in [4.78, 5) is 15.3. The van der Waals surface area contributed by atoms with Gasteiger partial charge in [-0.25, -0.2) is 0 Å². The summed E-state index contributed by atoms with van der Waals surface area (Å²) < 4.78 is 8.54.